The van der Waals surface area contributed by atoms with Crippen LogP contribution in [-0.2, 0) is 9.53 Å². The first-order chi connectivity index (χ1) is 9.15. The summed E-state index contributed by atoms with van der Waals surface area (Å²) < 4.78 is 4.85. The van der Waals surface area contributed by atoms with E-state index in [1.54, 1.807) is 13.2 Å². The van der Waals surface area contributed by atoms with E-state index in [2.05, 4.69) is 25.9 Å². The van der Waals surface area contributed by atoms with Gasteiger partial charge in [0.25, 0.3) is 0 Å². The zero-order chi connectivity index (χ0) is 14.1. The summed E-state index contributed by atoms with van der Waals surface area (Å²) in [5.41, 5.74) is 0.841. The number of aryl methyl sites for hydroxylation is 1. The van der Waals surface area contributed by atoms with Crippen LogP contribution in [0.4, 0.5) is 11.8 Å². The molecule has 0 aliphatic carbocycles. The third-order valence-corrected chi connectivity index (χ3v) is 2.25. The molecule has 1 aromatic heterocycles. The van der Waals surface area contributed by atoms with Crippen molar-refractivity contribution in [3.05, 3.63) is 11.8 Å². The van der Waals surface area contributed by atoms with Gasteiger partial charge in [-0.2, -0.15) is 4.98 Å². The Hall–Kier alpha value is -1.89. The molecule has 0 fully saturated rings. The first kappa shape index (κ1) is 15.2. The number of methoxy groups -OCH3 is 1. The van der Waals surface area contributed by atoms with Gasteiger partial charge in [-0.05, 0) is 13.8 Å². The van der Waals surface area contributed by atoms with Crippen LogP contribution in [0, 0.1) is 6.92 Å². The molecule has 7 nitrogen and oxygen atoms in total. The van der Waals surface area contributed by atoms with Crippen LogP contribution in [-0.4, -0.2) is 49.2 Å². The lowest BCUT2D eigenvalue weighted by Gasteiger charge is -2.09. The summed E-state index contributed by atoms with van der Waals surface area (Å²) in [4.78, 5) is 20.0. The molecule has 0 aromatic carbocycles. The number of aromatic nitrogens is 2. The van der Waals surface area contributed by atoms with Gasteiger partial charge in [-0.25, -0.2) is 4.98 Å². The van der Waals surface area contributed by atoms with E-state index in [4.69, 9.17) is 4.74 Å². The van der Waals surface area contributed by atoms with E-state index in [1.165, 1.54) is 0 Å². The van der Waals surface area contributed by atoms with Crippen LogP contribution in [0.5, 0.6) is 0 Å². The maximum Gasteiger partial charge on any atom is 0.239 e. The fraction of sp³-hybridized carbons (Fsp3) is 0.583. The van der Waals surface area contributed by atoms with E-state index in [0.717, 1.165) is 12.2 Å². The van der Waals surface area contributed by atoms with E-state index >= 15 is 0 Å². The van der Waals surface area contributed by atoms with Gasteiger partial charge in [-0.3, -0.25) is 4.79 Å². The molecular weight excluding hydrogens is 246 g/mol. The van der Waals surface area contributed by atoms with Crippen LogP contribution in [0.25, 0.3) is 0 Å². The molecule has 0 aliphatic heterocycles. The van der Waals surface area contributed by atoms with Crippen LogP contribution >= 0.6 is 0 Å². The number of carbonyl (C=O) groups is 1. The maximum absolute atomic E-state index is 11.5. The van der Waals surface area contributed by atoms with Gasteiger partial charge >= 0.3 is 0 Å². The van der Waals surface area contributed by atoms with Crippen molar-refractivity contribution in [1.29, 1.82) is 0 Å². The van der Waals surface area contributed by atoms with E-state index < -0.39 is 0 Å². The van der Waals surface area contributed by atoms with Gasteiger partial charge in [0.05, 0.1) is 13.2 Å². The normalized spacial score (nSPS) is 10.1. The molecule has 3 N–H and O–H groups in total. The van der Waals surface area contributed by atoms with Gasteiger partial charge in [0, 0.05) is 32.0 Å². The molecule has 0 atom stereocenters. The molecule has 0 saturated carbocycles. The van der Waals surface area contributed by atoms with Crippen molar-refractivity contribution >= 4 is 17.7 Å². The Morgan fingerprint density at radius 3 is 2.84 bits per heavy atom. The first-order valence-corrected chi connectivity index (χ1v) is 6.24. The molecule has 0 saturated heterocycles. The first-order valence-electron chi connectivity index (χ1n) is 6.24. The van der Waals surface area contributed by atoms with E-state index in [9.17, 15) is 4.79 Å². The molecule has 0 radical (unpaired) electrons. The van der Waals surface area contributed by atoms with E-state index in [1.807, 2.05) is 13.8 Å². The number of hydrogen-bond acceptors (Lipinski definition) is 6. The molecule has 0 aliphatic rings. The molecule has 7 heteroatoms. The molecule has 0 spiro atoms. The average Bonchev–Trinajstić information content (AvgIpc) is 2.36. The highest BCUT2D eigenvalue weighted by Crippen LogP contribution is 2.08. The van der Waals surface area contributed by atoms with Crippen LogP contribution in [0.1, 0.15) is 12.6 Å². The van der Waals surface area contributed by atoms with Gasteiger partial charge in [-0.1, -0.05) is 0 Å². The largest absolute Gasteiger partial charge is 0.383 e. The Kier molecular flexibility index (Phi) is 6.59. The Morgan fingerprint density at radius 2 is 2.16 bits per heavy atom. The molecule has 1 aromatic rings. The third-order valence-electron chi connectivity index (χ3n) is 2.25. The lowest BCUT2D eigenvalue weighted by Crippen LogP contribution is -2.32. The lowest BCUT2D eigenvalue weighted by atomic mass is 10.4. The summed E-state index contributed by atoms with van der Waals surface area (Å²) in [5, 5.41) is 8.73. The Morgan fingerprint density at radius 1 is 1.37 bits per heavy atom. The number of anilines is 2. The lowest BCUT2D eigenvalue weighted by molar-refractivity contribution is -0.119. The van der Waals surface area contributed by atoms with Crippen molar-refractivity contribution in [2.75, 3.05) is 44.0 Å². The predicted molar refractivity (Wildman–Crippen MR) is 74.3 cm³/mol. The molecule has 1 rings (SSSR count). The molecular formula is C12H21N5O2. The summed E-state index contributed by atoms with van der Waals surface area (Å²) in [6, 6.07) is 1.79. The van der Waals surface area contributed by atoms with Crippen molar-refractivity contribution < 1.29 is 9.53 Å². The number of carbonyl (C=O) groups excluding carboxylic acids is 1. The number of nitrogens with one attached hydrogen (secondary N) is 3. The smallest absolute Gasteiger partial charge is 0.239 e. The summed E-state index contributed by atoms with van der Waals surface area (Å²) >= 11 is 0. The molecule has 1 heterocycles. The minimum atomic E-state index is -0.0988. The van der Waals surface area contributed by atoms with Gasteiger partial charge in [0.15, 0.2) is 0 Å². The Balaban J connectivity index is 2.45. The fourth-order valence-corrected chi connectivity index (χ4v) is 1.42. The summed E-state index contributed by atoms with van der Waals surface area (Å²) in [7, 11) is 1.59. The van der Waals surface area contributed by atoms with Crippen molar-refractivity contribution in [1.82, 2.24) is 15.3 Å². The second-order valence-corrected chi connectivity index (χ2v) is 3.94. The highest BCUT2D eigenvalue weighted by molar-refractivity contribution is 5.80. The van der Waals surface area contributed by atoms with Crippen LogP contribution in [0.15, 0.2) is 6.07 Å². The van der Waals surface area contributed by atoms with Crippen molar-refractivity contribution in [3.8, 4) is 0 Å². The molecule has 19 heavy (non-hydrogen) atoms. The number of rotatable bonds is 8. The van der Waals surface area contributed by atoms with E-state index in [-0.39, 0.29) is 12.5 Å². The number of amides is 1. The topological polar surface area (TPSA) is 88.2 Å². The number of nitrogens with zero attached hydrogens (tertiary/aromatic N) is 2. The average molecular weight is 267 g/mol. The molecule has 0 unspecified atom stereocenters. The van der Waals surface area contributed by atoms with Gasteiger partial charge < -0.3 is 20.7 Å². The quantitative estimate of drug-likeness (QED) is 0.591. The highest BCUT2D eigenvalue weighted by Gasteiger charge is 2.04. The molecule has 106 valence electrons. The zero-order valence-electron chi connectivity index (χ0n) is 11.6. The van der Waals surface area contributed by atoms with Gasteiger partial charge in [0.2, 0.25) is 11.9 Å². The highest BCUT2D eigenvalue weighted by atomic mass is 16.5. The second kappa shape index (κ2) is 8.25. The van der Waals surface area contributed by atoms with Crippen LogP contribution < -0.4 is 16.0 Å². The second-order valence-electron chi connectivity index (χ2n) is 3.94. The fourth-order valence-electron chi connectivity index (χ4n) is 1.42. The summed E-state index contributed by atoms with van der Waals surface area (Å²) in [6.07, 6.45) is 0. The van der Waals surface area contributed by atoms with Crippen molar-refractivity contribution in [3.63, 3.8) is 0 Å². The zero-order valence-corrected chi connectivity index (χ0v) is 11.6. The predicted octanol–water partition coefficient (Wildman–Crippen LogP) is 0.391. The van der Waals surface area contributed by atoms with E-state index in [0.29, 0.717) is 24.9 Å². The van der Waals surface area contributed by atoms with Gasteiger partial charge in [-0.15, -0.1) is 0 Å². The maximum atomic E-state index is 11.5. The third kappa shape index (κ3) is 6.01. The summed E-state index contributed by atoms with van der Waals surface area (Å²) in [5.74, 6) is 1.09. The van der Waals surface area contributed by atoms with Crippen LogP contribution in [0.2, 0.25) is 0 Å². The van der Waals surface area contributed by atoms with Crippen molar-refractivity contribution in [2.24, 2.45) is 0 Å². The molecule has 0 bridgehead atoms. The van der Waals surface area contributed by atoms with Crippen LogP contribution in [0.3, 0.4) is 0 Å². The minimum absolute atomic E-state index is 0.0988. The Bertz CT molecular complexity index is 411. The molecule has 1 amide bonds. The van der Waals surface area contributed by atoms with Crippen molar-refractivity contribution in [2.45, 2.75) is 13.8 Å². The standard InChI is InChI=1S/C12H21N5O2/c1-4-13-12-16-9(2)7-10(17-12)15-8-11(18)14-5-6-19-3/h7H,4-6,8H2,1-3H3,(H,14,18)(H2,13,15,16,17). The minimum Gasteiger partial charge on any atom is -0.383 e. The number of hydrogen-bond donors (Lipinski definition) is 3. The van der Waals surface area contributed by atoms with Gasteiger partial charge in [0.1, 0.15) is 5.82 Å². The summed E-state index contributed by atoms with van der Waals surface area (Å²) in [6.45, 7) is 5.78. The number of ether oxygens (including phenoxy) is 1. The monoisotopic (exact) mass is 267 g/mol. The SMILES string of the molecule is CCNc1nc(C)cc(NCC(=O)NCCOC)n1. The Labute approximate surface area is 113 Å².